The summed E-state index contributed by atoms with van der Waals surface area (Å²) in [6.07, 6.45) is 5.08. The van der Waals surface area contributed by atoms with Crippen molar-refractivity contribution in [2.75, 3.05) is 0 Å². The van der Waals surface area contributed by atoms with Gasteiger partial charge in [0.05, 0.1) is 13.1 Å². The summed E-state index contributed by atoms with van der Waals surface area (Å²) in [6, 6.07) is 8.75. The molecular formula is C16H21N3O. The van der Waals surface area contributed by atoms with E-state index < -0.39 is 0 Å². The lowest BCUT2D eigenvalue weighted by Gasteiger charge is -2.15. The summed E-state index contributed by atoms with van der Waals surface area (Å²) in [5, 5.41) is 3.41. The monoisotopic (exact) mass is 271 g/mol. The first-order valence-electron chi connectivity index (χ1n) is 7.20. The fourth-order valence-electron chi connectivity index (χ4n) is 2.54. The Labute approximate surface area is 119 Å². The van der Waals surface area contributed by atoms with Crippen LogP contribution in [0.25, 0.3) is 0 Å². The van der Waals surface area contributed by atoms with Gasteiger partial charge in [-0.15, -0.1) is 0 Å². The number of benzene rings is 1. The van der Waals surface area contributed by atoms with Crippen molar-refractivity contribution in [3.05, 3.63) is 48.0 Å². The van der Waals surface area contributed by atoms with Crippen molar-refractivity contribution < 1.29 is 4.74 Å². The molecule has 1 N–H and O–H groups in total. The Balaban J connectivity index is 1.64. The van der Waals surface area contributed by atoms with Gasteiger partial charge in [-0.1, -0.05) is 32.0 Å². The molecule has 0 bridgehead atoms. The van der Waals surface area contributed by atoms with Crippen LogP contribution in [0.3, 0.4) is 0 Å². The second-order valence-electron chi connectivity index (χ2n) is 5.58. The SMILES string of the molecule is CC(C)NCc1nccn1CC1Cc2ccccc2O1. The Kier molecular flexibility index (Phi) is 3.74. The fraction of sp³-hybridized carbons (Fsp3) is 0.438. The van der Waals surface area contributed by atoms with E-state index in [0.29, 0.717) is 6.04 Å². The first-order valence-corrected chi connectivity index (χ1v) is 7.20. The Morgan fingerprint density at radius 1 is 1.40 bits per heavy atom. The minimum absolute atomic E-state index is 0.208. The number of ether oxygens (including phenoxy) is 1. The van der Waals surface area contributed by atoms with Crippen molar-refractivity contribution in [1.82, 2.24) is 14.9 Å². The van der Waals surface area contributed by atoms with Crippen molar-refractivity contribution in [1.29, 1.82) is 0 Å². The summed E-state index contributed by atoms with van der Waals surface area (Å²) in [5.41, 5.74) is 1.31. The largest absolute Gasteiger partial charge is 0.488 e. The first kappa shape index (κ1) is 13.2. The molecule has 4 nitrogen and oxygen atoms in total. The molecule has 3 rings (SSSR count). The van der Waals surface area contributed by atoms with Crippen molar-refractivity contribution in [2.24, 2.45) is 0 Å². The summed E-state index contributed by atoms with van der Waals surface area (Å²) < 4.78 is 8.18. The average molecular weight is 271 g/mol. The van der Waals surface area contributed by atoms with Crippen LogP contribution in [-0.2, 0) is 19.5 Å². The number of nitrogens with one attached hydrogen (secondary N) is 1. The van der Waals surface area contributed by atoms with Gasteiger partial charge in [0.25, 0.3) is 0 Å². The normalized spacial score (nSPS) is 17.2. The van der Waals surface area contributed by atoms with Gasteiger partial charge in [0, 0.05) is 24.9 Å². The molecule has 0 aliphatic carbocycles. The molecule has 1 unspecified atom stereocenters. The zero-order valence-electron chi connectivity index (χ0n) is 12.0. The highest BCUT2D eigenvalue weighted by Crippen LogP contribution is 2.28. The predicted molar refractivity (Wildman–Crippen MR) is 78.8 cm³/mol. The Morgan fingerprint density at radius 3 is 3.05 bits per heavy atom. The van der Waals surface area contributed by atoms with Gasteiger partial charge in [-0.25, -0.2) is 4.98 Å². The number of imidazole rings is 1. The minimum Gasteiger partial charge on any atom is -0.488 e. The van der Waals surface area contributed by atoms with E-state index in [-0.39, 0.29) is 6.10 Å². The van der Waals surface area contributed by atoms with E-state index in [1.165, 1.54) is 5.56 Å². The van der Waals surface area contributed by atoms with E-state index in [0.717, 1.165) is 31.1 Å². The predicted octanol–water partition coefficient (Wildman–Crippen LogP) is 2.38. The Morgan fingerprint density at radius 2 is 2.25 bits per heavy atom. The molecule has 1 aromatic heterocycles. The summed E-state index contributed by atoms with van der Waals surface area (Å²) in [4.78, 5) is 4.42. The van der Waals surface area contributed by atoms with Crippen LogP contribution in [0.2, 0.25) is 0 Å². The molecule has 0 spiro atoms. The van der Waals surface area contributed by atoms with Crippen LogP contribution in [0.5, 0.6) is 5.75 Å². The average Bonchev–Trinajstić information content (AvgIpc) is 3.02. The minimum atomic E-state index is 0.208. The first-order chi connectivity index (χ1) is 9.72. The highest BCUT2D eigenvalue weighted by atomic mass is 16.5. The molecule has 0 radical (unpaired) electrons. The molecule has 1 aromatic carbocycles. The third-order valence-electron chi connectivity index (χ3n) is 3.58. The molecule has 4 heteroatoms. The van der Waals surface area contributed by atoms with Gasteiger partial charge in [-0.05, 0) is 11.6 Å². The Hall–Kier alpha value is -1.81. The fourth-order valence-corrected chi connectivity index (χ4v) is 2.54. The molecule has 1 aliphatic heterocycles. The van der Waals surface area contributed by atoms with Crippen LogP contribution in [0.1, 0.15) is 25.2 Å². The highest BCUT2D eigenvalue weighted by Gasteiger charge is 2.23. The van der Waals surface area contributed by atoms with E-state index in [1.54, 1.807) is 0 Å². The van der Waals surface area contributed by atoms with Crippen LogP contribution < -0.4 is 10.1 Å². The molecule has 1 aliphatic rings. The number of para-hydroxylation sites is 1. The quantitative estimate of drug-likeness (QED) is 0.907. The third-order valence-corrected chi connectivity index (χ3v) is 3.58. The lowest BCUT2D eigenvalue weighted by Crippen LogP contribution is -2.26. The van der Waals surface area contributed by atoms with Gasteiger partial charge in [0.15, 0.2) is 0 Å². The third kappa shape index (κ3) is 2.85. The maximum Gasteiger partial charge on any atom is 0.123 e. The van der Waals surface area contributed by atoms with Crippen LogP contribution in [-0.4, -0.2) is 21.7 Å². The molecule has 0 fully saturated rings. The number of nitrogens with zero attached hydrogens (tertiary/aromatic N) is 2. The molecule has 1 atom stereocenters. The number of aromatic nitrogens is 2. The van der Waals surface area contributed by atoms with Crippen molar-refractivity contribution in [2.45, 2.75) is 45.5 Å². The second kappa shape index (κ2) is 5.67. The second-order valence-corrected chi connectivity index (χ2v) is 5.58. The van der Waals surface area contributed by atoms with Crippen LogP contribution in [0, 0.1) is 0 Å². The summed E-state index contributed by atoms with van der Waals surface area (Å²) in [6.45, 7) is 5.93. The van der Waals surface area contributed by atoms with Gasteiger partial charge < -0.3 is 14.6 Å². The summed E-state index contributed by atoms with van der Waals surface area (Å²) in [5.74, 6) is 2.10. The van der Waals surface area contributed by atoms with Gasteiger partial charge in [-0.2, -0.15) is 0 Å². The molecule has 0 amide bonds. The van der Waals surface area contributed by atoms with E-state index >= 15 is 0 Å². The number of rotatable bonds is 5. The van der Waals surface area contributed by atoms with Gasteiger partial charge in [-0.3, -0.25) is 0 Å². The molecule has 0 saturated heterocycles. The zero-order chi connectivity index (χ0) is 13.9. The van der Waals surface area contributed by atoms with Gasteiger partial charge in [0.2, 0.25) is 0 Å². The van der Waals surface area contributed by atoms with Crippen LogP contribution in [0.4, 0.5) is 0 Å². The van der Waals surface area contributed by atoms with Crippen LogP contribution >= 0.6 is 0 Å². The maximum absolute atomic E-state index is 5.99. The molecular weight excluding hydrogens is 250 g/mol. The van der Waals surface area contributed by atoms with E-state index in [4.69, 9.17) is 4.74 Å². The summed E-state index contributed by atoms with van der Waals surface area (Å²) in [7, 11) is 0. The molecule has 0 saturated carbocycles. The maximum atomic E-state index is 5.99. The van der Waals surface area contributed by atoms with E-state index in [1.807, 2.05) is 24.5 Å². The van der Waals surface area contributed by atoms with Crippen molar-refractivity contribution in [3.8, 4) is 5.75 Å². The number of hydrogen-bond acceptors (Lipinski definition) is 3. The zero-order valence-corrected chi connectivity index (χ0v) is 12.0. The lowest BCUT2D eigenvalue weighted by atomic mass is 10.1. The van der Waals surface area contributed by atoms with E-state index in [2.05, 4.69) is 40.8 Å². The highest BCUT2D eigenvalue weighted by molar-refractivity contribution is 5.37. The lowest BCUT2D eigenvalue weighted by molar-refractivity contribution is 0.207. The van der Waals surface area contributed by atoms with E-state index in [9.17, 15) is 0 Å². The Bertz CT molecular complexity index is 552. The number of hydrogen-bond donors (Lipinski definition) is 1. The smallest absolute Gasteiger partial charge is 0.123 e. The standard InChI is InChI=1S/C16H21N3O/c1-12(2)18-10-16-17-7-8-19(16)11-14-9-13-5-3-4-6-15(13)20-14/h3-8,12,14,18H,9-11H2,1-2H3. The van der Waals surface area contributed by atoms with Crippen molar-refractivity contribution in [3.63, 3.8) is 0 Å². The van der Waals surface area contributed by atoms with Gasteiger partial charge >= 0.3 is 0 Å². The number of fused-ring (bicyclic) bond motifs is 1. The molecule has 106 valence electrons. The topological polar surface area (TPSA) is 39.1 Å². The molecule has 20 heavy (non-hydrogen) atoms. The molecule has 2 heterocycles. The van der Waals surface area contributed by atoms with Crippen molar-refractivity contribution >= 4 is 0 Å². The summed E-state index contributed by atoms with van der Waals surface area (Å²) >= 11 is 0. The molecule has 2 aromatic rings. The van der Waals surface area contributed by atoms with Gasteiger partial charge in [0.1, 0.15) is 17.7 Å². The van der Waals surface area contributed by atoms with Crippen LogP contribution in [0.15, 0.2) is 36.7 Å².